The van der Waals surface area contributed by atoms with Crippen LogP contribution < -0.4 is 5.32 Å². The van der Waals surface area contributed by atoms with Crippen LogP contribution in [0.15, 0.2) is 30.4 Å². The summed E-state index contributed by atoms with van der Waals surface area (Å²) in [6.07, 6.45) is 0.842. The fourth-order valence-electron chi connectivity index (χ4n) is 2.41. The van der Waals surface area contributed by atoms with Gasteiger partial charge in [0.05, 0.1) is 16.4 Å². The predicted octanol–water partition coefficient (Wildman–Crippen LogP) is 3.45. The molecule has 0 heterocycles. The molecule has 7 nitrogen and oxygen atoms in total. The van der Waals surface area contributed by atoms with E-state index in [1.54, 1.807) is 0 Å². The van der Waals surface area contributed by atoms with Crippen LogP contribution in [-0.4, -0.2) is 23.4 Å². The number of halogens is 3. The zero-order valence-corrected chi connectivity index (χ0v) is 13.4. The predicted molar refractivity (Wildman–Crippen MR) is 84.2 cm³/mol. The van der Waals surface area contributed by atoms with Crippen LogP contribution in [0.3, 0.4) is 0 Å². The van der Waals surface area contributed by atoms with Gasteiger partial charge in [-0.3, -0.25) is 19.7 Å². The van der Waals surface area contributed by atoms with Crippen LogP contribution in [-0.2, 0) is 20.5 Å². The number of esters is 1. The van der Waals surface area contributed by atoms with Crippen molar-refractivity contribution in [1.29, 1.82) is 0 Å². The van der Waals surface area contributed by atoms with Gasteiger partial charge < -0.3 is 10.1 Å². The second-order valence-corrected chi connectivity index (χ2v) is 5.62. The van der Waals surface area contributed by atoms with E-state index in [-0.39, 0.29) is 5.92 Å². The normalized spacial score (nSPS) is 16.8. The third kappa shape index (κ3) is 5.04. The molecule has 1 aliphatic carbocycles. The summed E-state index contributed by atoms with van der Waals surface area (Å²) in [5.41, 5.74) is -2.53. The van der Waals surface area contributed by atoms with Crippen LogP contribution in [0.5, 0.6) is 0 Å². The molecule has 1 atom stereocenters. The minimum absolute atomic E-state index is 0.329. The number of nitrogens with zero attached hydrogens (tertiary/aromatic N) is 1. The van der Waals surface area contributed by atoms with E-state index in [0.29, 0.717) is 25.0 Å². The highest BCUT2D eigenvalue weighted by atomic mass is 19.4. The van der Waals surface area contributed by atoms with E-state index in [9.17, 15) is 32.9 Å². The summed E-state index contributed by atoms with van der Waals surface area (Å²) in [6.45, 7) is -0.683. The first kappa shape index (κ1) is 19.4. The number of alkyl halides is 3. The fraction of sp³-hybridized carbons (Fsp3) is 0.375. The maximum absolute atomic E-state index is 12.6. The molecule has 0 bridgehead atoms. The third-order valence-electron chi connectivity index (χ3n) is 3.74. The lowest BCUT2D eigenvalue weighted by Crippen LogP contribution is -2.25. The van der Waals surface area contributed by atoms with E-state index in [4.69, 9.17) is 4.74 Å². The van der Waals surface area contributed by atoms with E-state index < -0.39 is 46.5 Å². The molecule has 1 N–H and O–H groups in total. The lowest BCUT2D eigenvalue weighted by atomic mass is 9.95. The van der Waals surface area contributed by atoms with Gasteiger partial charge in [-0.15, -0.1) is 0 Å². The molecule has 0 unspecified atom stereocenters. The van der Waals surface area contributed by atoms with Crippen molar-refractivity contribution < 1.29 is 32.4 Å². The van der Waals surface area contributed by atoms with E-state index in [1.165, 1.54) is 0 Å². The molecular formula is C16H15F3N2O5. The zero-order chi connectivity index (χ0) is 19.3. The first-order valence-corrected chi connectivity index (χ1v) is 7.65. The van der Waals surface area contributed by atoms with Gasteiger partial charge in [-0.1, -0.05) is 12.2 Å². The molecule has 0 spiro atoms. The Morgan fingerprint density at radius 1 is 1.31 bits per heavy atom. The Hall–Kier alpha value is -2.91. The molecule has 140 valence electrons. The summed E-state index contributed by atoms with van der Waals surface area (Å²) in [6, 6.07) is 1.73. The number of allylic oxidation sites excluding steroid dienone is 2. The van der Waals surface area contributed by atoms with Crippen molar-refractivity contribution in [2.45, 2.75) is 25.4 Å². The van der Waals surface area contributed by atoms with Crippen molar-refractivity contribution in [2.24, 2.45) is 5.92 Å². The lowest BCUT2D eigenvalue weighted by molar-refractivity contribution is -0.384. The SMILES string of the molecule is O=C(COC(=O)[C@H]1CC=CCC1)Nc1ccc(C(F)(F)F)cc1[N+](=O)[O-]. The summed E-state index contributed by atoms with van der Waals surface area (Å²) >= 11 is 0. The minimum atomic E-state index is -4.75. The average molecular weight is 372 g/mol. The Balaban J connectivity index is 2.00. The van der Waals surface area contributed by atoms with Crippen LogP contribution >= 0.6 is 0 Å². The van der Waals surface area contributed by atoms with Crippen molar-refractivity contribution in [3.63, 3.8) is 0 Å². The van der Waals surface area contributed by atoms with Gasteiger partial charge in [0.2, 0.25) is 0 Å². The summed E-state index contributed by atoms with van der Waals surface area (Å²) < 4.78 is 42.8. The number of ether oxygens (including phenoxy) is 1. The molecule has 2 rings (SSSR count). The Labute approximate surface area is 146 Å². The van der Waals surface area contributed by atoms with Gasteiger partial charge in [0.1, 0.15) is 5.69 Å². The van der Waals surface area contributed by atoms with Crippen LogP contribution in [0.1, 0.15) is 24.8 Å². The topological polar surface area (TPSA) is 98.5 Å². The average Bonchev–Trinajstić information content (AvgIpc) is 2.59. The highest BCUT2D eigenvalue weighted by Crippen LogP contribution is 2.34. The Morgan fingerprint density at radius 2 is 2.04 bits per heavy atom. The molecule has 0 saturated carbocycles. The molecule has 1 aliphatic rings. The summed E-state index contributed by atoms with van der Waals surface area (Å²) in [5.74, 6) is -1.80. The number of nitro benzene ring substituents is 1. The molecule has 0 fully saturated rings. The highest BCUT2D eigenvalue weighted by Gasteiger charge is 2.33. The van der Waals surface area contributed by atoms with Gasteiger partial charge in [-0.25, -0.2) is 0 Å². The van der Waals surface area contributed by atoms with E-state index in [0.717, 1.165) is 12.5 Å². The van der Waals surface area contributed by atoms with Gasteiger partial charge >= 0.3 is 12.1 Å². The molecule has 1 amide bonds. The van der Waals surface area contributed by atoms with Gasteiger partial charge in [0.15, 0.2) is 6.61 Å². The Morgan fingerprint density at radius 3 is 2.62 bits per heavy atom. The maximum Gasteiger partial charge on any atom is 0.416 e. The second kappa shape index (κ2) is 7.98. The van der Waals surface area contributed by atoms with Gasteiger partial charge in [-0.2, -0.15) is 13.2 Å². The number of anilines is 1. The zero-order valence-electron chi connectivity index (χ0n) is 13.4. The summed E-state index contributed by atoms with van der Waals surface area (Å²) in [5, 5.41) is 13.0. The summed E-state index contributed by atoms with van der Waals surface area (Å²) in [7, 11) is 0. The lowest BCUT2D eigenvalue weighted by Gasteiger charge is -2.16. The number of benzene rings is 1. The molecule has 0 aliphatic heterocycles. The van der Waals surface area contributed by atoms with Gasteiger partial charge in [-0.05, 0) is 31.4 Å². The van der Waals surface area contributed by atoms with Gasteiger partial charge in [0, 0.05) is 6.07 Å². The number of nitro groups is 1. The molecule has 1 aromatic rings. The van der Waals surface area contributed by atoms with Crippen LogP contribution in [0, 0.1) is 16.0 Å². The minimum Gasteiger partial charge on any atom is -0.455 e. The number of hydrogen-bond donors (Lipinski definition) is 1. The van der Waals surface area contributed by atoms with Crippen molar-refractivity contribution >= 4 is 23.3 Å². The standard InChI is InChI=1S/C16H15F3N2O5/c17-16(18,19)11-6-7-12(13(8-11)21(24)25)20-14(22)9-26-15(23)10-4-2-1-3-5-10/h1-2,6-8,10H,3-5,9H2,(H,20,22)/t10-/m0/s1. The van der Waals surface area contributed by atoms with Crippen molar-refractivity contribution in [2.75, 3.05) is 11.9 Å². The third-order valence-corrected chi connectivity index (χ3v) is 3.74. The summed E-state index contributed by atoms with van der Waals surface area (Å²) in [4.78, 5) is 33.5. The van der Waals surface area contributed by atoms with Crippen molar-refractivity contribution in [3.8, 4) is 0 Å². The number of carbonyl (C=O) groups is 2. The molecule has 0 radical (unpaired) electrons. The first-order chi connectivity index (χ1) is 12.2. The number of hydrogen-bond acceptors (Lipinski definition) is 5. The molecule has 1 aromatic carbocycles. The van der Waals surface area contributed by atoms with Crippen molar-refractivity contribution in [3.05, 3.63) is 46.0 Å². The van der Waals surface area contributed by atoms with Crippen LogP contribution in [0.4, 0.5) is 24.5 Å². The molecule has 0 saturated heterocycles. The largest absolute Gasteiger partial charge is 0.455 e. The Kier molecular flexibility index (Phi) is 5.96. The number of rotatable bonds is 5. The number of amides is 1. The second-order valence-electron chi connectivity index (χ2n) is 5.62. The Bertz CT molecular complexity index is 746. The number of carbonyl (C=O) groups excluding carboxylic acids is 2. The number of nitrogens with one attached hydrogen (secondary N) is 1. The van der Waals surface area contributed by atoms with Crippen LogP contribution in [0.2, 0.25) is 0 Å². The quantitative estimate of drug-likeness (QED) is 0.369. The van der Waals surface area contributed by atoms with E-state index in [2.05, 4.69) is 5.32 Å². The van der Waals surface area contributed by atoms with Crippen LogP contribution in [0.25, 0.3) is 0 Å². The molecule has 10 heteroatoms. The van der Waals surface area contributed by atoms with E-state index in [1.807, 2.05) is 12.2 Å². The van der Waals surface area contributed by atoms with Crippen molar-refractivity contribution in [1.82, 2.24) is 0 Å². The monoisotopic (exact) mass is 372 g/mol. The smallest absolute Gasteiger partial charge is 0.416 e. The van der Waals surface area contributed by atoms with E-state index >= 15 is 0 Å². The maximum atomic E-state index is 12.6. The molecule has 0 aromatic heterocycles. The first-order valence-electron chi connectivity index (χ1n) is 7.65. The molecule has 26 heavy (non-hydrogen) atoms. The highest BCUT2D eigenvalue weighted by molar-refractivity contribution is 5.95. The van der Waals surface area contributed by atoms with Gasteiger partial charge in [0.25, 0.3) is 11.6 Å². The fourth-order valence-corrected chi connectivity index (χ4v) is 2.41. The molecular weight excluding hydrogens is 357 g/mol.